The Morgan fingerprint density at radius 2 is 2.20 bits per heavy atom. The van der Waals surface area contributed by atoms with Crippen molar-refractivity contribution in [1.29, 1.82) is 5.41 Å². The lowest BCUT2D eigenvalue weighted by Gasteiger charge is -2.04. The molecule has 0 saturated heterocycles. The summed E-state index contributed by atoms with van der Waals surface area (Å²) in [5.41, 5.74) is 6.71. The van der Waals surface area contributed by atoms with E-state index in [1.165, 1.54) is 0 Å². The maximum atomic E-state index is 7.22. The quantitative estimate of drug-likeness (QED) is 0.558. The lowest BCUT2D eigenvalue weighted by atomic mass is 10.3. The fourth-order valence-corrected chi connectivity index (χ4v) is 1.34. The molecule has 0 radical (unpaired) electrons. The van der Waals surface area contributed by atoms with Gasteiger partial charge < -0.3 is 10.3 Å². The molecule has 0 fully saturated rings. The van der Waals surface area contributed by atoms with Gasteiger partial charge in [-0.1, -0.05) is 0 Å². The Morgan fingerprint density at radius 1 is 1.40 bits per heavy atom. The second kappa shape index (κ2) is 3.53. The number of aryl methyl sites for hydroxylation is 1. The third kappa shape index (κ3) is 1.71. The van der Waals surface area contributed by atoms with Gasteiger partial charge in [-0.05, 0) is 19.1 Å². The molecule has 2 rings (SSSR count). The van der Waals surface area contributed by atoms with Crippen molar-refractivity contribution in [3.8, 4) is 5.69 Å². The van der Waals surface area contributed by atoms with Gasteiger partial charge in [-0.15, -0.1) is 0 Å². The number of aromatic nitrogens is 3. The molecule has 0 aliphatic carbocycles. The second-order valence-corrected chi connectivity index (χ2v) is 3.16. The van der Waals surface area contributed by atoms with Gasteiger partial charge in [-0.2, -0.15) is 0 Å². The van der Waals surface area contributed by atoms with Crippen LogP contribution in [-0.2, 0) is 0 Å². The Kier molecular flexibility index (Phi) is 2.21. The smallest absolute Gasteiger partial charge is 0.141 e. The van der Waals surface area contributed by atoms with Crippen molar-refractivity contribution < 1.29 is 0 Å². The van der Waals surface area contributed by atoms with E-state index in [0.29, 0.717) is 5.69 Å². The van der Waals surface area contributed by atoms with Crippen LogP contribution in [0.2, 0.25) is 0 Å². The van der Waals surface area contributed by atoms with Crippen LogP contribution in [0.1, 0.15) is 11.5 Å². The van der Waals surface area contributed by atoms with Crippen LogP contribution in [-0.4, -0.2) is 20.4 Å². The van der Waals surface area contributed by atoms with Crippen molar-refractivity contribution in [3.05, 3.63) is 42.2 Å². The average molecular weight is 201 g/mol. The summed E-state index contributed by atoms with van der Waals surface area (Å²) in [7, 11) is 0. The number of amidine groups is 1. The highest BCUT2D eigenvalue weighted by Crippen LogP contribution is 2.08. The van der Waals surface area contributed by atoms with Crippen LogP contribution >= 0.6 is 0 Å². The highest BCUT2D eigenvalue weighted by Gasteiger charge is 2.02. The van der Waals surface area contributed by atoms with Gasteiger partial charge in [0.25, 0.3) is 0 Å². The second-order valence-electron chi connectivity index (χ2n) is 3.16. The van der Waals surface area contributed by atoms with Crippen molar-refractivity contribution in [1.82, 2.24) is 14.5 Å². The summed E-state index contributed by atoms with van der Waals surface area (Å²) in [6.45, 7) is 1.92. The molecule has 5 heteroatoms. The molecule has 2 heterocycles. The molecular weight excluding hydrogens is 190 g/mol. The summed E-state index contributed by atoms with van der Waals surface area (Å²) in [4.78, 5) is 8.20. The van der Waals surface area contributed by atoms with Gasteiger partial charge in [0, 0.05) is 12.4 Å². The molecule has 0 aliphatic rings. The Labute approximate surface area is 87.1 Å². The predicted molar refractivity (Wildman–Crippen MR) is 57.1 cm³/mol. The summed E-state index contributed by atoms with van der Waals surface area (Å²) < 4.78 is 1.91. The summed E-state index contributed by atoms with van der Waals surface area (Å²) in [6.07, 6.45) is 5.26. The average Bonchev–Trinajstić information content (AvgIpc) is 2.65. The van der Waals surface area contributed by atoms with Crippen LogP contribution in [0.25, 0.3) is 5.69 Å². The fourth-order valence-electron chi connectivity index (χ4n) is 1.34. The van der Waals surface area contributed by atoms with E-state index in [0.717, 1.165) is 11.5 Å². The Morgan fingerprint density at radius 3 is 2.67 bits per heavy atom. The molecule has 3 N–H and O–H groups in total. The first-order valence-corrected chi connectivity index (χ1v) is 4.49. The fraction of sp³-hybridized carbons (Fsp3) is 0.100. The summed E-state index contributed by atoms with van der Waals surface area (Å²) in [6, 6.07) is 3.58. The number of nitrogen functional groups attached to an aromatic ring is 1. The number of hydrogen-bond donors (Lipinski definition) is 2. The van der Waals surface area contributed by atoms with Crippen molar-refractivity contribution in [2.24, 2.45) is 5.73 Å². The highest BCUT2D eigenvalue weighted by atomic mass is 15.1. The number of nitrogens with zero attached hydrogens (tertiary/aromatic N) is 3. The van der Waals surface area contributed by atoms with Crippen molar-refractivity contribution >= 4 is 5.84 Å². The maximum absolute atomic E-state index is 7.22. The van der Waals surface area contributed by atoms with Gasteiger partial charge in [0.1, 0.15) is 17.4 Å². The minimum Gasteiger partial charge on any atom is -0.382 e. The van der Waals surface area contributed by atoms with Gasteiger partial charge in [-0.25, -0.2) is 4.98 Å². The molecule has 0 unspecified atom stereocenters. The molecule has 0 aromatic carbocycles. The first-order valence-electron chi connectivity index (χ1n) is 4.49. The van der Waals surface area contributed by atoms with Gasteiger partial charge in [0.15, 0.2) is 0 Å². The highest BCUT2D eigenvalue weighted by molar-refractivity contribution is 5.92. The van der Waals surface area contributed by atoms with E-state index in [2.05, 4.69) is 9.97 Å². The first kappa shape index (κ1) is 9.39. The molecule has 76 valence electrons. The number of imidazole rings is 1. The summed E-state index contributed by atoms with van der Waals surface area (Å²) in [5, 5.41) is 7.22. The molecule has 5 nitrogen and oxygen atoms in total. The van der Waals surface area contributed by atoms with Crippen LogP contribution < -0.4 is 5.73 Å². The maximum Gasteiger partial charge on any atom is 0.141 e. The monoisotopic (exact) mass is 201 g/mol. The minimum absolute atomic E-state index is 0.0242. The third-order valence-corrected chi connectivity index (χ3v) is 2.13. The zero-order chi connectivity index (χ0) is 10.8. The standard InChI is InChI=1S/C10H11N5/c1-7-13-4-5-15(7)8-2-3-9(10(11)12)14-6-8/h2-6H,1H3,(H3,11,12). The number of pyridine rings is 1. The normalized spacial score (nSPS) is 10.2. The lowest BCUT2D eigenvalue weighted by molar-refractivity contribution is 0.963. The zero-order valence-electron chi connectivity index (χ0n) is 8.31. The van der Waals surface area contributed by atoms with Crippen LogP contribution in [0.5, 0.6) is 0 Å². The van der Waals surface area contributed by atoms with Crippen molar-refractivity contribution in [3.63, 3.8) is 0 Å². The largest absolute Gasteiger partial charge is 0.382 e. The van der Waals surface area contributed by atoms with Gasteiger partial charge in [0.05, 0.1) is 11.9 Å². The first-order chi connectivity index (χ1) is 7.18. The summed E-state index contributed by atoms with van der Waals surface area (Å²) in [5.74, 6) is 0.872. The molecule has 0 amide bonds. The molecule has 0 spiro atoms. The van der Waals surface area contributed by atoms with E-state index < -0.39 is 0 Å². The van der Waals surface area contributed by atoms with E-state index in [1.54, 1.807) is 18.5 Å². The predicted octanol–water partition coefficient (Wildman–Crippen LogP) is 0.860. The number of rotatable bonds is 2. The molecule has 2 aromatic heterocycles. The number of nitrogens with two attached hydrogens (primary N) is 1. The number of hydrogen-bond acceptors (Lipinski definition) is 3. The van der Waals surface area contributed by atoms with Crippen molar-refractivity contribution in [2.75, 3.05) is 0 Å². The Hall–Kier alpha value is -2.17. The van der Waals surface area contributed by atoms with Gasteiger partial charge >= 0.3 is 0 Å². The molecule has 15 heavy (non-hydrogen) atoms. The van der Waals surface area contributed by atoms with E-state index in [-0.39, 0.29) is 5.84 Å². The van der Waals surface area contributed by atoms with Crippen LogP contribution in [0.15, 0.2) is 30.7 Å². The summed E-state index contributed by atoms with van der Waals surface area (Å²) >= 11 is 0. The molecule has 0 aliphatic heterocycles. The molecule has 0 atom stereocenters. The Bertz CT molecular complexity index is 483. The molecule has 2 aromatic rings. The van der Waals surface area contributed by atoms with E-state index in [4.69, 9.17) is 11.1 Å². The molecular formula is C10H11N5. The third-order valence-electron chi connectivity index (χ3n) is 2.13. The van der Waals surface area contributed by atoms with Gasteiger partial charge in [-0.3, -0.25) is 10.4 Å². The van der Waals surface area contributed by atoms with Crippen LogP contribution in [0.4, 0.5) is 0 Å². The van der Waals surface area contributed by atoms with Crippen molar-refractivity contribution in [2.45, 2.75) is 6.92 Å². The minimum atomic E-state index is -0.0242. The number of nitrogens with one attached hydrogen (secondary N) is 1. The van der Waals surface area contributed by atoms with Crippen LogP contribution in [0, 0.1) is 12.3 Å². The van der Waals surface area contributed by atoms with E-state index in [9.17, 15) is 0 Å². The Balaban J connectivity index is 2.40. The molecule has 0 saturated carbocycles. The van der Waals surface area contributed by atoms with E-state index >= 15 is 0 Å². The lowest BCUT2D eigenvalue weighted by Crippen LogP contribution is -2.13. The van der Waals surface area contributed by atoms with E-state index in [1.807, 2.05) is 23.8 Å². The van der Waals surface area contributed by atoms with Gasteiger partial charge in [0.2, 0.25) is 0 Å². The topological polar surface area (TPSA) is 80.6 Å². The zero-order valence-corrected chi connectivity index (χ0v) is 8.31. The molecule has 0 bridgehead atoms. The van der Waals surface area contributed by atoms with Crippen LogP contribution in [0.3, 0.4) is 0 Å². The SMILES string of the molecule is Cc1nccn1-c1ccc(C(=N)N)nc1.